The van der Waals surface area contributed by atoms with Gasteiger partial charge in [-0.1, -0.05) is 0 Å². The highest BCUT2D eigenvalue weighted by atomic mass is 16.6. The molecule has 0 aromatic rings. The number of rotatable bonds is 28. The number of aliphatic carboxylic acids is 2. The van der Waals surface area contributed by atoms with Gasteiger partial charge in [-0.3, -0.25) is 43.2 Å². The summed E-state index contributed by atoms with van der Waals surface area (Å²) in [6.07, 6.45) is -11.6. The second kappa shape index (κ2) is 32.5. The van der Waals surface area contributed by atoms with Crippen LogP contribution in [0.1, 0.15) is 51.4 Å². The molecule has 12 atom stereocenters. The van der Waals surface area contributed by atoms with E-state index >= 15 is 0 Å². The summed E-state index contributed by atoms with van der Waals surface area (Å²) < 4.78 is 10.5. The van der Waals surface area contributed by atoms with Crippen LogP contribution in [-0.4, -0.2) is 237 Å². The van der Waals surface area contributed by atoms with Crippen LogP contribution in [0.5, 0.6) is 0 Å². The molecule has 30 nitrogen and oxygen atoms in total. The Morgan fingerprint density at radius 3 is 1.04 bits per heavy atom. The molecule has 21 N–H and O–H groups in total. The van der Waals surface area contributed by atoms with Crippen molar-refractivity contribution in [1.82, 2.24) is 37.2 Å². The summed E-state index contributed by atoms with van der Waals surface area (Å²) in [5.74, 6) is -6.57. The average Bonchev–Trinajstić information content (AvgIpc) is 3.30. The molecule has 7 amide bonds. The van der Waals surface area contributed by atoms with Crippen LogP contribution < -0.4 is 48.7 Å². The molecule has 4 unspecified atom stereocenters. The van der Waals surface area contributed by atoms with Gasteiger partial charge in [-0.15, -0.1) is 0 Å². The first-order valence-electron chi connectivity index (χ1n) is 21.5. The fourth-order valence-corrected chi connectivity index (χ4v) is 6.21. The van der Waals surface area contributed by atoms with E-state index in [-0.39, 0.29) is 38.8 Å². The molecule has 2 saturated heterocycles. The quantitative estimate of drug-likeness (QED) is 0.0324. The maximum Gasteiger partial charge on any atom is 0.322 e. The van der Waals surface area contributed by atoms with E-state index in [1.54, 1.807) is 0 Å². The lowest BCUT2D eigenvalue weighted by Gasteiger charge is -2.39. The van der Waals surface area contributed by atoms with E-state index in [9.17, 15) is 78.9 Å². The van der Waals surface area contributed by atoms with E-state index in [4.69, 9.17) is 36.3 Å². The summed E-state index contributed by atoms with van der Waals surface area (Å²) in [6, 6.07) is -1.80. The molecule has 0 saturated carbocycles. The molecule has 0 bridgehead atoms. The molecule has 0 aliphatic carbocycles. The van der Waals surface area contributed by atoms with Crippen molar-refractivity contribution in [2.45, 2.75) is 124 Å². The van der Waals surface area contributed by atoms with Gasteiger partial charge in [0, 0.05) is 13.1 Å². The number of aliphatic hydroxyl groups excluding tert-OH is 8. The van der Waals surface area contributed by atoms with Gasteiger partial charge in [-0.25, -0.2) is 0 Å². The number of carbonyl (C=O) groups excluding carboxylic acids is 7. The molecule has 2 rings (SSSR count). The van der Waals surface area contributed by atoms with E-state index in [2.05, 4.69) is 37.2 Å². The van der Waals surface area contributed by atoms with E-state index in [0.717, 1.165) is 0 Å². The highest BCUT2D eigenvalue weighted by Crippen LogP contribution is 2.24. The second-order valence-corrected chi connectivity index (χ2v) is 15.6. The summed E-state index contributed by atoms with van der Waals surface area (Å²) in [5, 5.41) is 110. The van der Waals surface area contributed by atoms with Crippen LogP contribution in [0.25, 0.3) is 0 Å². The lowest BCUT2D eigenvalue weighted by Crippen LogP contribution is -2.59. The molecule has 2 heterocycles. The number of amides is 7. The molecule has 0 aromatic carbocycles. The zero-order valence-corrected chi connectivity index (χ0v) is 37.1. The minimum atomic E-state index is -1.56. The lowest BCUT2D eigenvalue weighted by molar-refractivity contribution is -0.229. The highest BCUT2D eigenvalue weighted by Gasteiger charge is 2.45. The molecule has 0 spiro atoms. The molecular weight excluding hydrogens is 918 g/mol. The van der Waals surface area contributed by atoms with E-state index in [1.165, 1.54) is 0 Å². The van der Waals surface area contributed by atoms with Crippen molar-refractivity contribution in [2.75, 3.05) is 59.0 Å². The number of carboxylic acids is 2. The van der Waals surface area contributed by atoms with Gasteiger partial charge in [0.25, 0.3) is 0 Å². The molecule has 0 aromatic heterocycles. The number of ether oxygens (including phenoxy) is 2. The zero-order valence-electron chi connectivity index (χ0n) is 37.1. The highest BCUT2D eigenvalue weighted by molar-refractivity contribution is 5.90. The van der Waals surface area contributed by atoms with E-state index in [1.807, 2.05) is 0 Å². The van der Waals surface area contributed by atoms with Gasteiger partial charge in [0.2, 0.25) is 41.4 Å². The summed E-state index contributed by atoms with van der Waals surface area (Å²) in [5.41, 5.74) is 11.5. The second-order valence-electron chi connectivity index (χ2n) is 15.6. The van der Waals surface area contributed by atoms with Crippen molar-refractivity contribution in [1.29, 1.82) is 0 Å². The van der Waals surface area contributed by atoms with Crippen LogP contribution in [0, 0.1) is 0 Å². The van der Waals surface area contributed by atoms with Crippen molar-refractivity contribution in [3.05, 3.63) is 0 Å². The Labute approximate surface area is 388 Å². The molecule has 2 aliphatic rings. The Morgan fingerprint density at radius 2 is 0.721 bits per heavy atom. The maximum atomic E-state index is 12.1. The first kappa shape index (κ1) is 60.8. The van der Waals surface area contributed by atoms with Crippen molar-refractivity contribution in [3.8, 4) is 0 Å². The number of unbranched alkanes of at least 4 members (excludes halogenated alkanes) is 2. The number of hydrogen-bond donors (Lipinski definition) is 19. The fraction of sp³-hybridized carbons (Fsp3) is 0.763. The normalized spacial score (nSPS) is 25.1. The third-order valence-corrected chi connectivity index (χ3v) is 10.1. The Morgan fingerprint density at radius 1 is 0.412 bits per heavy atom. The van der Waals surface area contributed by atoms with E-state index in [0.29, 0.717) is 25.7 Å². The standard InChI is InChI=1S/C20H35N5O11.C18H32N4O10/c21-10(20(35)25-7-15(29)23-6-14(28)24-8-16(30)31)3-1-2-4-22-13(27)5-11-17(32)19(34)18(33)12(9-26)36-11;19-9(18(31)22-6-13(25)21-7-14(26)27)3-1-2-4-20-12(24)5-10-15(28)17(30)16(29)11(8-23)32-10/h10-12,17-19,26,32-34H,1-9,21H2,(H,22,27)(H,23,29)(H,24,28)(H,25,35)(H,30,31);9-11,15-17,23,28-30H,1-8,19H2,(H,20,24)(H,21,25)(H,22,31)(H,26,27)/t10-,11+,12?,17?,18-,19+;9-,10+,11?,15?,16-,17+/m00/s1. The summed E-state index contributed by atoms with van der Waals surface area (Å²) in [7, 11) is 0. The number of aliphatic hydroxyl groups is 8. The largest absolute Gasteiger partial charge is 0.480 e. The van der Waals surface area contributed by atoms with Gasteiger partial charge in [-0.05, 0) is 38.5 Å². The van der Waals surface area contributed by atoms with Gasteiger partial charge in [0.05, 0.1) is 70.0 Å². The molecule has 390 valence electrons. The molecule has 2 fully saturated rings. The first-order valence-corrected chi connectivity index (χ1v) is 21.5. The average molecular weight is 986 g/mol. The van der Waals surface area contributed by atoms with Crippen LogP contribution >= 0.6 is 0 Å². The Bertz CT molecular complexity index is 1640. The molecule has 30 heteroatoms. The van der Waals surface area contributed by atoms with Crippen LogP contribution in [-0.2, 0) is 52.6 Å². The van der Waals surface area contributed by atoms with E-state index < -0.39 is 172 Å². The molecular formula is C38H67N9O21. The van der Waals surface area contributed by atoms with Crippen molar-refractivity contribution < 1.29 is 104 Å². The number of nitrogens with two attached hydrogens (primary N) is 2. The van der Waals surface area contributed by atoms with Crippen molar-refractivity contribution in [2.24, 2.45) is 11.5 Å². The Hall–Kier alpha value is -5.25. The number of carbonyl (C=O) groups is 9. The predicted molar refractivity (Wildman–Crippen MR) is 227 cm³/mol. The Kier molecular flexibility index (Phi) is 29.0. The third kappa shape index (κ3) is 23.7. The fourth-order valence-electron chi connectivity index (χ4n) is 6.21. The smallest absolute Gasteiger partial charge is 0.322 e. The minimum absolute atomic E-state index is 0.233. The summed E-state index contributed by atoms with van der Waals surface area (Å²) in [4.78, 5) is 103. The van der Waals surface area contributed by atoms with Gasteiger partial charge < -0.3 is 109 Å². The number of nitrogens with one attached hydrogen (secondary N) is 7. The van der Waals surface area contributed by atoms with Gasteiger partial charge >= 0.3 is 11.9 Å². The third-order valence-electron chi connectivity index (χ3n) is 10.1. The molecule has 2 aliphatic heterocycles. The SMILES string of the molecule is N[C@@H](CCCCNC(=O)C[C@H]1OC(CO)[C@H](O)[C@H](O)C1O)C(=O)NCC(=O)NCC(=O)NCC(=O)O.N[C@@H](CCCCNC(=O)C[C@H]1OC(CO)[C@H](O)[C@H](O)C1O)C(=O)NCC(=O)NCC(=O)O. The molecule has 0 radical (unpaired) electrons. The number of hydrogen-bond acceptors (Lipinski definition) is 21. The summed E-state index contributed by atoms with van der Waals surface area (Å²) >= 11 is 0. The van der Waals surface area contributed by atoms with Gasteiger partial charge in [0.15, 0.2) is 0 Å². The zero-order chi connectivity index (χ0) is 51.5. The molecule has 68 heavy (non-hydrogen) atoms. The lowest BCUT2D eigenvalue weighted by atomic mass is 9.93. The Balaban J connectivity index is 0.000000685. The van der Waals surface area contributed by atoms with Gasteiger partial charge in [-0.2, -0.15) is 0 Å². The van der Waals surface area contributed by atoms with Crippen LogP contribution in [0.15, 0.2) is 0 Å². The maximum absolute atomic E-state index is 12.1. The summed E-state index contributed by atoms with van der Waals surface area (Å²) in [6.45, 7) is -3.09. The predicted octanol–water partition coefficient (Wildman–Crippen LogP) is -10.6. The first-order chi connectivity index (χ1) is 32.0. The topological polar surface area (TPSA) is 511 Å². The van der Waals surface area contributed by atoms with Gasteiger partial charge in [0.1, 0.15) is 61.9 Å². The van der Waals surface area contributed by atoms with Crippen LogP contribution in [0.4, 0.5) is 0 Å². The van der Waals surface area contributed by atoms with Crippen LogP contribution in [0.3, 0.4) is 0 Å². The monoisotopic (exact) mass is 985 g/mol. The number of carboxylic acid groups (broad SMARTS) is 2. The van der Waals surface area contributed by atoms with Crippen molar-refractivity contribution in [3.63, 3.8) is 0 Å². The minimum Gasteiger partial charge on any atom is -0.480 e. The van der Waals surface area contributed by atoms with Crippen LogP contribution in [0.2, 0.25) is 0 Å². The van der Waals surface area contributed by atoms with Crippen molar-refractivity contribution >= 4 is 53.3 Å².